The van der Waals surface area contributed by atoms with Crippen LogP contribution in [0.1, 0.15) is 30.6 Å². The zero-order valence-electron chi connectivity index (χ0n) is 10.3. The predicted octanol–water partition coefficient (Wildman–Crippen LogP) is 3.46. The minimum atomic E-state index is 0.103. The lowest BCUT2D eigenvalue weighted by Crippen LogP contribution is -2.42. The second kappa shape index (κ2) is 5.09. The summed E-state index contributed by atoms with van der Waals surface area (Å²) in [6, 6.07) is 7.19. The Bertz CT molecular complexity index is 408. The van der Waals surface area contributed by atoms with Gasteiger partial charge in [0.15, 0.2) is 0 Å². The second-order valence-electron chi connectivity index (χ2n) is 5.17. The van der Waals surface area contributed by atoms with Gasteiger partial charge in [-0.05, 0) is 36.5 Å². The molecule has 1 aromatic carbocycles. The van der Waals surface area contributed by atoms with E-state index in [1.54, 1.807) is 12.1 Å². The minimum absolute atomic E-state index is 0.103. The van der Waals surface area contributed by atoms with E-state index in [0.29, 0.717) is 22.4 Å². The molecule has 1 heterocycles. The van der Waals surface area contributed by atoms with Gasteiger partial charge in [0, 0.05) is 23.7 Å². The molecule has 2 rings (SSSR count). The predicted molar refractivity (Wildman–Crippen MR) is 70.3 cm³/mol. The summed E-state index contributed by atoms with van der Waals surface area (Å²) in [5.74, 6) is 1.27. The number of piperidine rings is 1. The lowest BCUT2D eigenvalue weighted by atomic mass is 9.91. The molecule has 0 aliphatic carbocycles. The molecule has 3 heteroatoms. The molecule has 0 radical (unpaired) electrons. The fourth-order valence-electron chi connectivity index (χ4n) is 2.63. The van der Waals surface area contributed by atoms with Crippen LogP contribution in [0.5, 0.6) is 0 Å². The number of nitrogens with zero attached hydrogens (tertiary/aromatic N) is 1. The van der Waals surface area contributed by atoms with Crippen molar-refractivity contribution in [2.75, 3.05) is 13.1 Å². The van der Waals surface area contributed by atoms with Crippen molar-refractivity contribution in [1.82, 2.24) is 4.90 Å². The molecule has 2 atom stereocenters. The first kappa shape index (κ1) is 12.4. The maximum absolute atomic E-state index is 12.3. The Balaban J connectivity index is 2.14. The maximum atomic E-state index is 12.3. The van der Waals surface area contributed by atoms with E-state index >= 15 is 0 Å². The summed E-state index contributed by atoms with van der Waals surface area (Å²) in [5.41, 5.74) is 0.693. The Morgan fingerprint density at radius 1 is 1.29 bits per heavy atom. The number of halogens is 1. The normalized spacial score (nSPS) is 24.8. The lowest BCUT2D eigenvalue weighted by molar-refractivity contribution is 0.0623. The van der Waals surface area contributed by atoms with Crippen molar-refractivity contribution in [3.8, 4) is 0 Å². The molecule has 1 aliphatic rings. The number of benzene rings is 1. The van der Waals surface area contributed by atoms with Crippen LogP contribution in [0.3, 0.4) is 0 Å². The van der Waals surface area contributed by atoms with Gasteiger partial charge in [-0.15, -0.1) is 0 Å². The molecule has 1 aliphatic heterocycles. The molecule has 0 N–H and O–H groups in total. The van der Waals surface area contributed by atoms with E-state index in [2.05, 4.69) is 13.8 Å². The molecule has 2 unspecified atom stereocenters. The van der Waals surface area contributed by atoms with Crippen LogP contribution >= 0.6 is 11.6 Å². The first-order valence-corrected chi connectivity index (χ1v) is 6.49. The number of amides is 1. The largest absolute Gasteiger partial charge is 0.338 e. The van der Waals surface area contributed by atoms with Crippen molar-refractivity contribution in [1.29, 1.82) is 0 Å². The molecular formula is C14H18ClNO. The minimum Gasteiger partial charge on any atom is -0.338 e. The molecule has 0 spiro atoms. The quantitative estimate of drug-likeness (QED) is 0.749. The van der Waals surface area contributed by atoms with Gasteiger partial charge in [0.25, 0.3) is 5.91 Å². The van der Waals surface area contributed by atoms with E-state index in [0.717, 1.165) is 13.1 Å². The molecule has 0 aromatic heterocycles. The molecular weight excluding hydrogens is 234 g/mol. The van der Waals surface area contributed by atoms with E-state index in [1.807, 2.05) is 17.0 Å². The first-order chi connectivity index (χ1) is 8.06. The molecule has 1 fully saturated rings. The van der Waals surface area contributed by atoms with Gasteiger partial charge in [0.2, 0.25) is 0 Å². The van der Waals surface area contributed by atoms with Crippen LogP contribution in [0, 0.1) is 11.8 Å². The number of hydrogen-bond acceptors (Lipinski definition) is 1. The van der Waals surface area contributed by atoms with Crippen molar-refractivity contribution in [2.24, 2.45) is 11.8 Å². The van der Waals surface area contributed by atoms with Crippen LogP contribution in [0.2, 0.25) is 5.02 Å². The van der Waals surface area contributed by atoms with E-state index in [9.17, 15) is 4.79 Å². The highest BCUT2D eigenvalue weighted by molar-refractivity contribution is 6.30. The van der Waals surface area contributed by atoms with E-state index < -0.39 is 0 Å². The third-order valence-electron chi connectivity index (χ3n) is 3.23. The summed E-state index contributed by atoms with van der Waals surface area (Å²) in [6.07, 6.45) is 1.21. The standard InChI is InChI=1S/C14H18ClNO/c1-10-6-11(2)9-16(8-10)14(17)12-4-3-5-13(15)7-12/h3-5,7,10-11H,6,8-9H2,1-2H3. The third-order valence-corrected chi connectivity index (χ3v) is 3.46. The van der Waals surface area contributed by atoms with Gasteiger partial charge in [-0.1, -0.05) is 31.5 Å². The highest BCUT2D eigenvalue weighted by Gasteiger charge is 2.25. The van der Waals surface area contributed by atoms with E-state index in [-0.39, 0.29) is 5.91 Å². The van der Waals surface area contributed by atoms with Crippen LogP contribution in [0.25, 0.3) is 0 Å². The molecule has 17 heavy (non-hydrogen) atoms. The van der Waals surface area contributed by atoms with Crippen molar-refractivity contribution in [3.63, 3.8) is 0 Å². The smallest absolute Gasteiger partial charge is 0.253 e. The highest BCUT2D eigenvalue weighted by Crippen LogP contribution is 2.23. The van der Waals surface area contributed by atoms with Gasteiger partial charge in [-0.25, -0.2) is 0 Å². The monoisotopic (exact) mass is 251 g/mol. The summed E-state index contributed by atoms with van der Waals surface area (Å²) in [5, 5.41) is 0.619. The Kier molecular flexibility index (Phi) is 3.72. The number of hydrogen-bond donors (Lipinski definition) is 0. The summed E-state index contributed by atoms with van der Waals surface area (Å²) in [4.78, 5) is 14.3. The average molecular weight is 252 g/mol. The van der Waals surface area contributed by atoms with Crippen molar-refractivity contribution in [2.45, 2.75) is 20.3 Å². The summed E-state index contributed by atoms with van der Waals surface area (Å²) in [7, 11) is 0. The molecule has 1 aromatic rings. The van der Waals surface area contributed by atoms with Crippen molar-refractivity contribution >= 4 is 17.5 Å². The summed E-state index contributed by atoms with van der Waals surface area (Å²) in [6.45, 7) is 6.12. The van der Waals surface area contributed by atoms with Crippen LogP contribution in [0.4, 0.5) is 0 Å². The Morgan fingerprint density at radius 2 is 1.94 bits per heavy atom. The van der Waals surface area contributed by atoms with Gasteiger partial charge in [-0.2, -0.15) is 0 Å². The second-order valence-corrected chi connectivity index (χ2v) is 5.60. The average Bonchev–Trinajstić information content (AvgIpc) is 2.26. The first-order valence-electron chi connectivity index (χ1n) is 6.11. The fourth-order valence-corrected chi connectivity index (χ4v) is 2.82. The van der Waals surface area contributed by atoms with Gasteiger partial charge in [0.1, 0.15) is 0 Å². The van der Waals surface area contributed by atoms with Crippen LogP contribution in [-0.2, 0) is 0 Å². The SMILES string of the molecule is CC1CC(C)CN(C(=O)c2cccc(Cl)c2)C1. The van der Waals surface area contributed by atoms with Crippen LogP contribution < -0.4 is 0 Å². The van der Waals surface area contributed by atoms with Crippen LogP contribution in [-0.4, -0.2) is 23.9 Å². The fraction of sp³-hybridized carbons (Fsp3) is 0.500. The molecule has 92 valence electrons. The summed E-state index contributed by atoms with van der Waals surface area (Å²) < 4.78 is 0. The molecule has 1 saturated heterocycles. The molecule has 0 bridgehead atoms. The molecule has 2 nitrogen and oxygen atoms in total. The molecule has 0 saturated carbocycles. The van der Waals surface area contributed by atoms with Gasteiger partial charge in [0.05, 0.1) is 0 Å². The Hall–Kier alpha value is -1.02. The van der Waals surface area contributed by atoms with Crippen molar-refractivity contribution < 1.29 is 4.79 Å². The van der Waals surface area contributed by atoms with E-state index in [4.69, 9.17) is 11.6 Å². The zero-order chi connectivity index (χ0) is 12.4. The number of likely N-dealkylation sites (tertiary alicyclic amines) is 1. The molecule has 1 amide bonds. The van der Waals surface area contributed by atoms with Gasteiger partial charge in [-0.3, -0.25) is 4.79 Å². The van der Waals surface area contributed by atoms with Gasteiger partial charge >= 0.3 is 0 Å². The topological polar surface area (TPSA) is 20.3 Å². The Labute approximate surface area is 108 Å². The maximum Gasteiger partial charge on any atom is 0.253 e. The number of rotatable bonds is 1. The number of carbonyl (C=O) groups excluding carboxylic acids is 1. The van der Waals surface area contributed by atoms with E-state index in [1.165, 1.54) is 6.42 Å². The van der Waals surface area contributed by atoms with Crippen molar-refractivity contribution in [3.05, 3.63) is 34.9 Å². The zero-order valence-corrected chi connectivity index (χ0v) is 11.1. The van der Waals surface area contributed by atoms with Crippen LogP contribution in [0.15, 0.2) is 24.3 Å². The summed E-state index contributed by atoms with van der Waals surface area (Å²) >= 11 is 5.91. The lowest BCUT2D eigenvalue weighted by Gasteiger charge is -2.35. The third kappa shape index (κ3) is 3.01. The van der Waals surface area contributed by atoms with Gasteiger partial charge < -0.3 is 4.90 Å². The highest BCUT2D eigenvalue weighted by atomic mass is 35.5. The Morgan fingerprint density at radius 3 is 2.53 bits per heavy atom. The number of carbonyl (C=O) groups is 1.